The number of carbonyl (C=O) groups is 2. The van der Waals surface area contributed by atoms with Crippen LogP contribution in [0, 0.1) is 0 Å². The van der Waals surface area contributed by atoms with Gasteiger partial charge in [-0.25, -0.2) is 0 Å². The van der Waals surface area contributed by atoms with E-state index in [0.29, 0.717) is 44.3 Å². The normalized spacial score (nSPS) is 14.2. The van der Waals surface area contributed by atoms with Gasteiger partial charge in [0.25, 0.3) is 11.8 Å². The average molecular weight is 521 g/mol. The number of methoxy groups -OCH3 is 1. The van der Waals surface area contributed by atoms with Crippen LogP contribution < -0.4 is 24.4 Å². The number of nitrogens with one attached hydrogen (secondary N) is 1. The molecule has 4 rings (SSSR count). The zero-order valence-electron chi connectivity index (χ0n) is 19.7. The lowest BCUT2D eigenvalue weighted by Crippen LogP contribution is -2.27. The van der Waals surface area contributed by atoms with Crippen LogP contribution in [-0.2, 0) is 9.59 Å². The van der Waals surface area contributed by atoms with E-state index < -0.39 is 0 Å². The monoisotopic (exact) mass is 520 g/mol. The molecule has 0 aliphatic carbocycles. The van der Waals surface area contributed by atoms with E-state index in [-0.39, 0.29) is 18.4 Å². The number of benzene rings is 3. The van der Waals surface area contributed by atoms with Gasteiger partial charge in [-0.2, -0.15) is 0 Å². The molecule has 0 bridgehead atoms. The summed E-state index contributed by atoms with van der Waals surface area (Å²) in [5.41, 5.74) is 1.94. The number of rotatable bonds is 9. The van der Waals surface area contributed by atoms with Crippen molar-refractivity contribution in [2.45, 2.75) is 6.92 Å². The van der Waals surface area contributed by atoms with Crippen LogP contribution in [0.25, 0.3) is 6.08 Å². The van der Waals surface area contributed by atoms with Gasteiger partial charge in [0.1, 0.15) is 17.2 Å². The lowest BCUT2D eigenvalue weighted by molar-refractivity contribution is -0.118. The smallest absolute Gasteiger partial charge is 0.270 e. The van der Waals surface area contributed by atoms with E-state index in [9.17, 15) is 9.59 Å². The molecule has 1 saturated heterocycles. The van der Waals surface area contributed by atoms with Crippen molar-refractivity contribution in [2.24, 2.45) is 0 Å². The molecule has 0 aromatic heterocycles. The zero-order valence-corrected chi connectivity index (χ0v) is 21.4. The molecule has 1 aliphatic rings. The summed E-state index contributed by atoms with van der Waals surface area (Å²) >= 11 is 6.69. The van der Waals surface area contributed by atoms with Crippen molar-refractivity contribution in [3.05, 3.63) is 83.3 Å². The quantitative estimate of drug-likeness (QED) is 0.294. The highest BCUT2D eigenvalue weighted by molar-refractivity contribution is 8.27. The Labute approximate surface area is 219 Å². The maximum Gasteiger partial charge on any atom is 0.270 e. The maximum absolute atomic E-state index is 13.2. The summed E-state index contributed by atoms with van der Waals surface area (Å²) in [5.74, 6) is 1.30. The lowest BCUT2D eigenvalue weighted by Gasteiger charge is -2.15. The fourth-order valence-corrected chi connectivity index (χ4v) is 4.75. The Hall–Kier alpha value is -3.82. The molecule has 1 aliphatic heterocycles. The van der Waals surface area contributed by atoms with Crippen molar-refractivity contribution in [1.29, 1.82) is 0 Å². The van der Waals surface area contributed by atoms with Gasteiger partial charge in [0, 0.05) is 17.3 Å². The Morgan fingerprint density at radius 3 is 2.56 bits per heavy atom. The Morgan fingerprint density at radius 1 is 1.03 bits per heavy atom. The molecule has 3 aromatic carbocycles. The van der Waals surface area contributed by atoms with Gasteiger partial charge < -0.3 is 19.5 Å². The number of carbonyl (C=O) groups excluding carboxylic acids is 2. The van der Waals surface area contributed by atoms with Crippen molar-refractivity contribution in [3.63, 3.8) is 0 Å². The minimum Gasteiger partial charge on any atom is -0.497 e. The van der Waals surface area contributed by atoms with Crippen LogP contribution in [0.2, 0.25) is 0 Å². The van der Waals surface area contributed by atoms with Crippen molar-refractivity contribution in [3.8, 4) is 17.2 Å². The molecular weight excluding hydrogens is 496 g/mol. The van der Waals surface area contributed by atoms with E-state index in [4.69, 9.17) is 26.4 Å². The molecule has 0 radical (unpaired) electrons. The number of thioether (sulfide) groups is 1. The highest BCUT2D eigenvalue weighted by Gasteiger charge is 2.33. The fraction of sp³-hybridized carbons (Fsp3) is 0.148. The van der Waals surface area contributed by atoms with Crippen LogP contribution in [0.1, 0.15) is 12.5 Å². The summed E-state index contributed by atoms with van der Waals surface area (Å²) in [7, 11) is 1.56. The molecule has 184 valence electrons. The Bertz CT molecular complexity index is 1310. The number of ether oxygens (including phenoxy) is 3. The van der Waals surface area contributed by atoms with Crippen LogP contribution in [0.4, 0.5) is 11.4 Å². The molecule has 9 heteroatoms. The number of hydrogen-bond acceptors (Lipinski definition) is 7. The van der Waals surface area contributed by atoms with Gasteiger partial charge in [-0.1, -0.05) is 48.2 Å². The molecule has 0 saturated carbocycles. The molecule has 2 amide bonds. The molecule has 1 N–H and O–H groups in total. The Balaban J connectivity index is 1.45. The molecule has 0 spiro atoms. The van der Waals surface area contributed by atoms with E-state index in [2.05, 4.69) is 5.32 Å². The van der Waals surface area contributed by atoms with Gasteiger partial charge in [-0.15, -0.1) is 0 Å². The summed E-state index contributed by atoms with van der Waals surface area (Å²) in [4.78, 5) is 27.5. The van der Waals surface area contributed by atoms with Gasteiger partial charge in [0.05, 0.1) is 24.3 Å². The molecule has 0 atom stereocenters. The topological polar surface area (TPSA) is 77.1 Å². The van der Waals surface area contributed by atoms with Crippen LogP contribution in [-0.4, -0.2) is 36.5 Å². The van der Waals surface area contributed by atoms with Gasteiger partial charge >= 0.3 is 0 Å². The molecular formula is C27H24N2O5S2. The first-order valence-electron chi connectivity index (χ1n) is 11.1. The first kappa shape index (κ1) is 25.3. The zero-order chi connectivity index (χ0) is 25.5. The van der Waals surface area contributed by atoms with E-state index >= 15 is 0 Å². The van der Waals surface area contributed by atoms with E-state index in [1.165, 1.54) is 16.7 Å². The second kappa shape index (κ2) is 11.7. The Morgan fingerprint density at radius 2 is 1.81 bits per heavy atom. The third-order valence-corrected chi connectivity index (χ3v) is 6.42. The molecule has 36 heavy (non-hydrogen) atoms. The molecule has 0 unspecified atom stereocenters. The third-order valence-electron chi connectivity index (χ3n) is 5.12. The minimum atomic E-state index is -0.320. The highest BCUT2D eigenvalue weighted by Crippen LogP contribution is 2.37. The first-order chi connectivity index (χ1) is 17.5. The maximum atomic E-state index is 13.2. The number of nitrogens with zero attached hydrogens (tertiary/aromatic N) is 1. The molecule has 7 nitrogen and oxygen atoms in total. The molecule has 1 heterocycles. The van der Waals surface area contributed by atoms with E-state index in [1.807, 2.05) is 19.1 Å². The number of anilines is 2. The Kier molecular flexibility index (Phi) is 8.24. The largest absolute Gasteiger partial charge is 0.497 e. The summed E-state index contributed by atoms with van der Waals surface area (Å²) in [6.07, 6.45) is 1.73. The minimum absolute atomic E-state index is 0.199. The second-order valence-corrected chi connectivity index (χ2v) is 9.23. The average Bonchev–Trinajstić information content (AvgIpc) is 3.16. The summed E-state index contributed by atoms with van der Waals surface area (Å²) < 4.78 is 16.9. The van der Waals surface area contributed by atoms with Crippen molar-refractivity contribution in [1.82, 2.24) is 0 Å². The van der Waals surface area contributed by atoms with Gasteiger partial charge in [-0.3, -0.25) is 14.5 Å². The van der Waals surface area contributed by atoms with E-state index in [0.717, 1.165) is 5.75 Å². The third kappa shape index (κ3) is 6.05. The van der Waals surface area contributed by atoms with Gasteiger partial charge in [0.2, 0.25) is 0 Å². The first-order valence-corrected chi connectivity index (χ1v) is 12.4. The lowest BCUT2D eigenvalue weighted by atomic mass is 10.2. The number of para-hydroxylation sites is 1. The van der Waals surface area contributed by atoms with Crippen LogP contribution in [0.5, 0.6) is 17.2 Å². The predicted molar refractivity (Wildman–Crippen MR) is 147 cm³/mol. The van der Waals surface area contributed by atoms with Crippen LogP contribution >= 0.6 is 24.0 Å². The summed E-state index contributed by atoms with van der Waals surface area (Å²) in [6.45, 7) is 2.28. The second-order valence-electron chi connectivity index (χ2n) is 7.55. The summed E-state index contributed by atoms with van der Waals surface area (Å²) in [6, 6.07) is 21.5. The van der Waals surface area contributed by atoms with Gasteiger partial charge in [-0.05, 0) is 55.5 Å². The van der Waals surface area contributed by atoms with Crippen LogP contribution in [0.15, 0.2) is 77.7 Å². The van der Waals surface area contributed by atoms with Crippen LogP contribution in [0.3, 0.4) is 0 Å². The van der Waals surface area contributed by atoms with E-state index in [1.54, 1.807) is 73.8 Å². The fourth-order valence-electron chi connectivity index (χ4n) is 3.46. The molecule has 1 fully saturated rings. The van der Waals surface area contributed by atoms with Crippen molar-refractivity contribution < 1.29 is 23.8 Å². The number of thiocarbonyl (C=S) groups is 1. The SMILES string of the molecule is CCOc1ccc(N2C(=O)/C(=C/c3ccccc3OCC(=O)Nc3cccc(OC)c3)SC2=S)cc1. The molecule has 3 aromatic rings. The van der Waals surface area contributed by atoms with Crippen molar-refractivity contribution >= 4 is 57.6 Å². The van der Waals surface area contributed by atoms with Crippen molar-refractivity contribution in [2.75, 3.05) is 30.5 Å². The number of hydrogen-bond donors (Lipinski definition) is 1. The highest BCUT2D eigenvalue weighted by atomic mass is 32.2. The predicted octanol–water partition coefficient (Wildman–Crippen LogP) is 5.52. The standard InChI is InChI=1S/C27H24N2O5S2/c1-3-33-21-13-11-20(12-14-21)29-26(31)24(36-27(29)35)15-18-7-4-5-10-23(18)34-17-25(30)28-19-8-6-9-22(16-19)32-2/h4-16H,3,17H2,1-2H3,(H,28,30)/b24-15-. The summed E-state index contributed by atoms with van der Waals surface area (Å²) in [5, 5.41) is 2.78. The number of amides is 2. The van der Waals surface area contributed by atoms with Gasteiger partial charge in [0.15, 0.2) is 10.9 Å².